The molecule has 0 aliphatic rings. The lowest BCUT2D eigenvalue weighted by molar-refractivity contribution is 0.569. The summed E-state index contributed by atoms with van der Waals surface area (Å²) in [5.74, 6) is -0.0105. The summed E-state index contributed by atoms with van der Waals surface area (Å²) in [6.07, 6.45) is 0. The van der Waals surface area contributed by atoms with E-state index in [9.17, 15) is 8.42 Å². The maximum atomic E-state index is 11.6. The van der Waals surface area contributed by atoms with Gasteiger partial charge in [-0.3, -0.25) is 5.73 Å². The Kier molecular flexibility index (Phi) is 4.46. The van der Waals surface area contributed by atoms with E-state index in [0.29, 0.717) is 0 Å². The molecule has 1 aromatic rings. The zero-order chi connectivity index (χ0) is 12.2. The van der Waals surface area contributed by atoms with E-state index in [2.05, 4.69) is 4.72 Å². The molecular formula is C11H17N2O2S. The first-order chi connectivity index (χ1) is 7.43. The first-order valence-electron chi connectivity index (χ1n) is 5.15. The second-order valence-corrected chi connectivity index (χ2v) is 5.78. The van der Waals surface area contributed by atoms with Crippen LogP contribution in [0.25, 0.3) is 0 Å². The van der Waals surface area contributed by atoms with Gasteiger partial charge in [-0.2, -0.15) is 0 Å². The summed E-state index contributed by atoms with van der Waals surface area (Å²) >= 11 is 0. The van der Waals surface area contributed by atoms with Crippen LogP contribution in [-0.4, -0.2) is 14.5 Å². The molecule has 1 aromatic carbocycles. The molecule has 4 nitrogen and oxygen atoms in total. The maximum Gasteiger partial charge on any atom is 0.216 e. The molecule has 0 aliphatic carbocycles. The van der Waals surface area contributed by atoms with Gasteiger partial charge in [0.15, 0.2) is 0 Å². The van der Waals surface area contributed by atoms with Gasteiger partial charge in [0.25, 0.3) is 0 Å². The van der Waals surface area contributed by atoms with Crippen molar-refractivity contribution < 1.29 is 8.42 Å². The average molecular weight is 241 g/mol. The third-order valence-electron chi connectivity index (χ3n) is 2.00. The number of nitrogens with one attached hydrogen (secondary N) is 2. The van der Waals surface area contributed by atoms with Crippen molar-refractivity contribution in [2.24, 2.45) is 0 Å². The predicted octanol–water partition coefficient (Wildman–Crippen LogP) is 1.30. The summed E-state index contributed by atoms with van der Waals surface area (Å²) in [6.45, 7) is 3.80. The maximum absolute atomic E-state index is 11.6. The summed E-state index contributed by atoms with van der Waals surface area (Å²) in [5.41, 5.74) is 8.78. The van der Waals surface area contributed by atoms with Crippen LogP contribution >= 0.6 is 0 Å². The van der Waals surface area contributed by atoms with Gasteiger partial charge in [0.2, 0.25) is 10.0 Å². The highest BCUT2D eigenvalue weighted by atomic mass is 32.2. The van der Waals surface area contributed by atoms with Crippen molar-refractivity contribution in [2.75, 3.05) is 0 Å². The Morgan fingerprint density at radius 2 is 1.69 bits per heavy atom. The Morgan fingerprint density at radius 3 is 2.12 bits per heavy atom. The molecule has 5 heteroatoms. The molecule has 0 atom stereocenters. The lowest BCUT2D eigenvalue weighted by atomic mass is 10.1. The molecule has 0 fully saturated rings. The van der Waals surface area contributed by atoms with Crippen molar-refractivity contribution in [3.8, 4) is 0 Å². The molecule has 0 amide bonds. The van der Waals surface area contributed by atoms with Gasteiger partial charge in [-0.1, -0.05) is 24.3 Å². The average Bonchev–Trinajstić information content (AvgIpc) is 2.16. The smallest absolute Gasteiger partial charge is 0.216 e. The molecular weight excluding hydrogens is 224 g/mol. The fourth-order valence-corrected chi connectivity index (χ4v) is 2.81. The highest BCUT2D eigenvalue weighted by Gasteiger charge is 2.12. The van der Waals surface area contributed by atoms with E-state index >= 15 is 0 Å². The van der Waals surface area contributed by atoms with E-state index in [-0.39, 0.29) is 18.3 Å². The third-order valence-corrected chi connectivity index (χ3v) is 3.54. The minimum absolute atomic E-state index is 0.0105. The Morgan fingerprint density at radius 1 is 1.19 bits per heavy atom. The summed E-state index contributed by atoms with van der Waals surface area (Å²) in [7, 11) is -3.25. The first kappa shape index (κ1) is 13.2. The zero-order valence-electron chi connectivity index (χ0n) is 9.53. The SMILES string of the molecule is CC(C)NS(=O)(=O)Cc1ccc(C[NH])cc1. The first-order valence-corrected chi connectivity index (χ1v) is 6.80. The molecule has 1 rings (SSSR count). The third kappa shape index (κ3) is 4.30. The number of benzene rings is 1. The van der Waals surface area contributed by atoms with E-state index in [1.54, 1.807) is 38.1 Å². The van der Waals surface area contributed by atoms with Crippen LogP contribution in [0.1, 0.15) is 25.0 Å². The van der Waals surface area contributed by atoms with Crippen molar-refractivity contribution in [3.05, 3.63) is 35.4 Å². The molecule has 0 heterocycles. The highest BCUT2D eigenvalue weighted by molar-refractivity contribution is 7.88. The van der Waals surface area contributed by atoms with Gasteiger partial charge in [-0.25, -0.2) is 13.1 Å². The normalized spacial score (nSPS) is 12.0. The summed E-state index contributed by atoms with van der Waals surface area (Å²) in [5, 5.41) is 0. The largest absolute Gasteiger partial charge is 0.253 e. The van der Waals surface area contributed by atoms with Gasteiger partial charge in [-0.05, 0) is 25.0 Å². The Bertz CT molecular complexity index is 424. The van der Waals surface area contributed by atoms with Crippen LogP contribution in [0.3, 0.4) is 0 Å². The molecule has 0 aromatic heterocycles. The quantitative estimate of drug-likeness (QED) is 0.844. The fraction of sp³-hybridized carbons (Fsp3) is 0.455. The van der Waals surface area contributed by atoms with Gasteiger partial charge < -0.3 is 0 Å². The van der Waals surface area contributed by atoms with E-state index in [4.69, 9.17) is 5.73 Å². The molecule has 89 valence electrons. The highest BCUT2D eigenvalue weighted by Crippen LogP contribution is 2.08. The van der Waals surface area contributed by atoms with Crippen LogP contribution in [-0.2, 0) is 22.3 Å². The predicted molar refractivity (Wildman–Crippen MR) is 64.1 cm³/mol. The Balaban J connectivity index is 2.72. The van der Waals surface area contributed by atoms with Gasteiger partial charge in [-0.15, -0.1) is 0 Å². The van der Waals surface area contributed by atoms with Crippen molar-refractivity contribution in [3.63, 3.8) is 0 Å². The van der Waals surface area contributed by atoms with Crippen LogP contribution in [0.4, 0.5) is 0 Å². The van der Waals surface area contributed by atoms with E-state index in [0.717, 1.165) is 11.1 Å². The second kappa shape index (κ2) is 5.43. The topological polar surface area (TPSA) is 70.0 Å². The van der Waals surface area contributed by atoms with E-state index in [1.165, 1.54) is 0 Å². The molecule has 0 bridgehead atoms. The molecule has 0 saturated heterocycles. The lowest BCUT2D eigenvalue weighted by Gasteiger charge is -2.09. The van der Waals surface area contributed by atoms with Crippen molar-refractivity contribution in [1.82, 2.24) is 10.5 Å². The van der Waals surface area contributed by atoms with E-state index in [1.807, 2.05) is 0 Å². The van der Waals surface area contributed by atoms with Gasteiger partial charge in [0, 0.05) is 12.6 Å². The van der Waals surface area contributed by atoms with Crippen LogP contribution in [0.15, 0.2) is 24.3 Å². The summed E-state index contributed by atoms with van der Waals surface area (Å²) < 4.78 is 25.8. The van der Waals surface area contributed by atoms with Crippen molar-refractivity contribution in [2.45, 2.75) is 32.2 Å². The number of sulfonamides is 1. The van der Waals surface area contributed by atoms with Crippen LogP contribution in [0.2, 0.25) is 0 Å². The minimum Gasteiger partial charge on any atom is -0.253 e. The van der Waals surface area contributed by atoms with Gasteiger partial charge in [0.05, 0.1) is 5.75 Å². The van der Waals surface area contributed by atoms with Crippen LogP contribution < -0.4 is 10.5 Å². The number of hydrogen-bond donors (Lipinski definition) is 1. The molecule has 0 unspecified atom stereocenters. The second-order valence-electron chi connectivity index (χ2n) is 4.02. The monoisotopic (exact) mass is 241 g/mol. The number of hydrogen-bond acceptors (Lipinski definition) is 2. The molecule has 0 saturated carbocycles. The zero-order valence-corrected chi connectivity index (χ0v) is 10.3. The molecule has 1 radical (unpaired) electrons. The minimum atomic E-state index is -3.25. The molecule has 16 heavy (non-hydrogen) atoms. The summed E-state index contributed by atoms with van der Waals surface area (Å²) in [4.78, 5) is 0. The van der Waals surface area contributed by atoms with Crippen molar-refractivity contribution >= 4 is 10.0 Å². The van der Waals surface area contributed by atoms with Gasteiger partial charge >= 0.3 is 0 Å². The van der Waals surface area contributed by atoms with Crippen LogP contribution in [0, 0.1) is 0 Å². The Hall–Kier alpha value is -0.910. The van der Waals surface area contributed by atoms with E-state index < -0.39 is 10.0 Å². The molecule has 0 spiro atoms. The van der Waals surface area contributed by atoms with Gasteiger partial charge in [0.1, 0.15) is 0 Å². The molecule has 0 aliphatic heterocycles. The fourth-order valence-electron chi connectivity index (χ4n) is 1.37. The summed E-state index contributed by atoms with van der Waals surface area (Å²) in [6, 6.07) is 6.99. The van der Waals surface area contributed by atoms with Crippen LogP contribution in [0.5, 0.6) is 0 Å². The number of rotatable bonds is 5. The molecule has 2 N–H and O–H groups in total. The lowest BCUT2D eigenvalue weighted by Crippen LogP contribution is -2.31. The Labute approximate surface area is 96.9 Å². The van der Waals surface area contributed by atoms with Crippen molar-refractivity contribution in [1.29, 1.82) is 0 Å². The standard InChI is InChI=1S/C11H17N2O2S/c1-9(2)13-16(14,15)8-11-5-3-10(7-12)4-6-11/h3-6,9,12-13H,7-8H2,1-2H3.